The Morgan fingerprint density at radius 1 is 1.35 bits per heavy atom. The molecule has 0 aromatic heterocycles. The molecule has 0 bridgehead atoms. The lowest BCUT2D eigenvalue weighted by atomic mass is 9.85. The summed E-state index contributed by atoms with van der Waals surface area (Å²) in [5.41, 5.74) is 11.0. The molecule has 5 heteroatoms. The summed E-state index contributed by atoms with van der Waals surface area (Å²) in [4.78, 5) is 24.8. The van der Waals surface area contributed by atoms with Crippen LogP contribution >= 0.6 is 0 Å². The van der Waals surface area contributed by atoms with Crippen LogP contribution < -0.4 is 11.5 Å². The highest BCUT2D eigenvalue weighted by atomic mass is 16.2. The van der Waals surface area contributed by atoms with E-state index in [1.54, 1.807) is 4.90 Å². The molecule has 2 unspecified atom stereocenters. The first-order chi connectivity index (χ1) is 7.91. The number of rotatable bonds is 4. The van der Waals surface area contributed by atoms with Gasteiger partial charge in [0.2, 0.25) is 11.8 Å². The molecular weight excluding hydrogens is 218 g/mol. The van der Waals surface area contributed by atoms with Crippen LogP contribution in [-0.4, -0.2) is 35.3 Å². The number of primary amides is 1. The predicted molar refractivity (Wildman–Crippen MR) is 66.0 cm³/mol. The second-order valence-corrected chi connectivity index (χ2v) is 5.15. The first-order valence-electron chi connectivity index (χ1n) is 6.26. The summed E-state index contributed by atoms with van der Waals surface area (Å²) in [7, 11) is 0. The van der Waals surface area contributed by atoms with Crippen molar-refractivity contribution < 1.29 is 9.59 Å². The lowest BCUT2D eigenvalue weighted by Gasteiger charge is -2.33. The Labute approximate surface area is 103 Å². The van der Waals surface area contributed by atoms with Crippen molar-refractivity contribution in [3.63, 3.8) is 0 Å². The Kier molecular flexibility index (Phi) is 4.93. The summed E-state index contributed by atoms with van der Waals surface area (Å²) in [5.74, 6) is -0.485. The van der Waals surface area contributed by atoms with Gasteiger partial charge in [-0.25, -0.2) is 0 Å². The van der Waals surface area contributed by atoms with Crippen LogP contribution in [0.15, 0.2) is 0 Å². The van der Waals surface area contributed by atoms with Crippen LogP contribution in [0, 0.1) is 5.92 Å². The van der Waals surface area contributed by atoms with E-state index in [4.69, 9.17) is 11.5 Å². The van der Waals surface area contributed by atoms with E-state index < -0.39 is 5.91 Å². The quantitative estimate of drug-likeness (QED) is 0.738. The standard InChI is InChI=1S/C12H23N3O2/c1-8(2)15(7-11(14)16)12(17)9-4-3-5-10(13)6-9/h8-10H,3-7,13H2,1-2H3,(H2,14,16). The van der Waals surface area contributed by atoms with Crippen molar-refractivity contribution in [3.8, 4) is 0 Å². The third-order valence-electron chi connectivity index (χ3n) is 3.30. The fourth-order valence-electron chi connectivity index (χ4n) is 2.37. The number of nitrogens with zero attached hydrogens (tertiary/aromatic N) is 1. The van der Waals surface area contributed by atoms with Crippen LogP contribution in [0.1, 0.15) is 39.5 Å². The van der Waals surface area contributed by atoms with Crippen molar-refractivity contribution in [2.24, 2.45) is 17.4 Å². The molecule has 4 N–H and O–H groups in total. The second kappa shape index (κ2) is 6.00. The van der Waals surface area contributed by atoms with Gasteiger partial charge in [-0.05, 0) is 33.1 Å². The number of carbonyl (C=O) groups excluding carboxylic acids is 2. The lowest BCUT2D eigenvalue weighted by molar-refractivity contribution is -0.141. The summed E-state index contributed by atoms with van der Waals surface area (Å²) in [6, 6.07) is 0.105. The average molecular weight is 241 g/mol. The van der Waals surface area contributed by atoms with Crippen LogP contribution in [0.25, 0.3) is 0 Å². The minimum atomic E-state index is -0.466. The fraction of sp³-hybridized carbons (Fsp3) is 0.833. The molecule has 0 aliphatic heterocycles. The topological polar surface area (TPSA) is 89.4 Å². The zero-order valence-corrected chi connectivity index (χ0v) is 10.7. The van der Waals surface area contributed by atoms with Gasteiger partial charge in [-0.1, -0.05) is 6.42 Å². The second-order valence-electron chi connectivity index (χ2n) is 5.15. The normalized spacial score (nSPS) is 24.7. The number of amides is 2. The molecule has 0 saturated heterocycles. The lowest BCUT2D eigenvalue weighted by Crippen LogP contribution is -2.47. The SMILES string of the molecule is CC(C)N(CC(N)=O)C(=O)C1CCCC(N)C1. The summed E-state index contributed by atoms with van der Waals surface area (Å²) in [5, 5.41) is 0. The molecular formula is C12H23N3O2. The molecule has 98 valence electrons. The van der Waals surface area contributed by atoms with Gasteiger partial charge >= 0.3 is 0 Å². The molecule has 2 atom stereocenters. The van der Waals surface area contributed by atoms with Crippen molar-refractivity contribution in [2.75, 3.05) is 6.54 Å². The number of carbonyl (C=O) groups is 2. The van der Waals surface area contributed by atoms with E-state index in [9.17, 15) is 9.59 Å². The van der Waals surface area contributed by atoms with Gasteiger partial charge in [0.05, 0.1) is 6.54 Å². The maximum Gasteiger partial charge on any atom is 0.237 e. The fourth-order valence-corrected chi connectivity index (χ4v) is 2.37. The number of nitrogens with two attached hydrogens (primary N) is 2. The average Bonchev–Trinajstić information content (AvgIpc) is 2.24. The van der Waals surface area contributed by atoms with Gasteiger partial charge in [0.25, 0.3) is 0 Å². The zero-order valence-electron chi connectivity index (χ0n) is 10.7. The van der Waals surface area contributed by atoms with Crippen LogP contribution in [0.2, 0.25) is 0 Å². The summed E-state index contributed by atoms with van der Waals surface area (Å²) in [6.45, 7) is 3.79. The van der Waals surface area contributed by atoms with Gasteiger partial charge in [-0.3, -0.25) is 9.59 Å². The highest BCUT2D eigenvalue weighted by Crippen LogP contribution is 2.25. The molecule has 2 amide bonds. The molecule has 1 aliphatic rings. The zero-order chi connectivity index (χ0) is 13.0. The number of hydrogen-bond acceptors (Lipinski definition) is 3. The Morgan fingerprint density at radius 3 is 2.47 bits per heavy atom. The minimum absolute atomic E-state index is 0.00222. The van der Waals surface area contributed by atoms with Gasteiger partial charge in [-0.15, -0.1) is 0 Å². The van der Waals surface area contributed by atoms with Crippen LogP contribution in [0.3, 0.4) is 0 Å². The number of hydrogen-bond donors (Lipinski definition) is 2. The third-order valence-corrected chi connectivity index (χ3v) is 3.30. The first-order valence-corrected chi connectivity index (χ1v) is 6.26. The molecule has 1 saturated carbocycles. The van der Waals surface area contributed by atoms with Crippen LogP contribution in [-0.2, 0) is 9.59 Å². The molecule has 17 heavy (non-hydrogen) atoms. The maximum absolute atomic E-state index is 12.3. The molecule has 0 heterocycles. The van der Waals surface area contributed by atoms with E-state index in [2.05, 4.69) is 0 Å². The van der Waals surface area contributed by atoms with Gasteiger partial charge in [-0.2, -0.15) is 0 Å². The van der Waals surface area contributed by atoms with Crippen molar-refractivity contribution in [3.05, 3.63) is 0 Å². The van der Waals surface area contributed by atoms with E-state index in [1.807, 2.05) is 13.8 Å². The van der Waals surface area contributed by atoms with Gasteiger partial charge in [0, 0.05) is 18.0 Å². The molecule has 0 radical (unpaired) electrons. The van der Waals surface area contributed by atoms with E-state index in [0.717, 1.165) is 25.7 Å². The Bertz CT molecular complexity index is 291. The summed E-state index contributed by atoms with van der Waals surface area (Å²) in [6.07, 6.45) is 3.57. The van der Waals surface area contributed by atoms with E-state index in [1.165, 1.54) is 0 Å². The molecule has 0 spiro atoms. The monoisotopic (exact) mass is 241 g/mol. The summed E-state index contributed by atoms with van der Waals surface area (Å²) < 4.78 is 0. The Hall–Kier alpha value is -1.10. The highest BCUT2D eigenvalue weighted by Gasteiger charge is 2.30. The van der Waals surface area contributed by atoms with Crippen molar-refractivity contribution >= 4 is 11.8 Å². The van der Waals surface area contributed by atoms with E-state index >= 15 is 0 Å². The van der Waals surface area contributed by atoms with Crippen LogP contribution in [0.4, 0.5) is 0 Å². The van der Waals surface area contributed by atoms with Crippen molar-refractivity contribution in [1.29, 1.82) is 0 Å². The summed E-state index contributed by atoms with van der Waals surface area (Å²) >= 11 is 0. The smallest absolute Gasteiger partial charge is 0.237 e. The largest absolute Gasteiger partial charge is 0.368 e. The van der Waals surface area contributed by atoms with Gasteiger partial charge in [0.15, 0.2) is 0 Å². The van der Waals surface area contributed by atoms with Gasteiger partial charge < -0.3 is 16.4 Å². The van der Waals surface area contributed by atoms with Crippen molar-refractivity contribution in [2.45, 2.75) is 51.6 Å². The van der Waals surface area contributed by atoms with Crippen LogP contribution in [0.5, 0.6) is 0 Å². The molecule has 1 aliphatic carbocycles. The highest BCUT2D eigenvalue weighted by molar-refractivity contribution is 5.85. The first kappa shape index (κ1) is 14.0. The molecule has 1 rings (SSSR count). The minimum Gasteiger partial charge on any atom is -0.368 e. The molecule has 1 fully saturated rings. The Morgan fingerprint density at radius 2 is 2.00 bits per heavy atom. The molecule has 5 nitrogen and oxygen atoms in total. The van der Waals surface area contributed by atoms with E-state index in [0.29, 0.717) is 0 Å². The predicted octanol–water partition coefficient (Wildman–Crippen LogP) is 0.226. The maximum atomic E-state index is 12.3. The Balaban J connectivity index is 2.66. The third kappa shape index (κ3) is 4.00. The molecule has 0 aromatic rings. The van der Waals surface area contributed by atoms with Gasteiger partial charge in [0.1, 0.15) is 0 Å². The van der Waals surface area contributed by atoms with E-state index in [-0.39, 0.29) is 30.5 Å². The van der Waals surface area contributed by atoms with Crippen molar-refractivity contribution in [1.82, 2.24) is 4.90 Å². The molecule has 0 aromatic carbocycles.